The highest BCUT2D eigenvalue weighted by Gasteiger charge is 2.31. The first-order valence-corrected chi connectivity index (χ1v) is 12.1. The van der Waals surface area contributed by atoms with Crippen LogP contribution in [0.1, 0.15) is 100 Å². The number of halogens is 2. The number of benzene rings is 1. The van der Waals surface area contributed by atoms with E-state index in [2.05, 4.69) is 25.1 Å². The Morgan fingerprint density at radius 2 is 1.62 bits per heavy atom. The van der Waals surface area contributed by atoms with Crippen molar-refractivity contribution in [3.05, 3.63) is 34.9 Å². The number of ether oxygens (including phenoxy) is 1. The lowest BCUT2D eigenvalue weighted by atomic mass is 9.68. The number of rotatable bonds is 6. The Kier molecular flexibility index (Phi) is 7.26. The quantitative estimate of drug-likeness (QED) is 0.473. The van der Waals surface area contributed by atoms with Gasteiger partial charge in [-0.25, -0.2) is 8.78 Å². The molecule has 2 saturated carbocycles. The molecule has 0 aromatic heterocycles. The van der Waals surface area contributed by atoms with Crippen molar-refractivity contribution < 1.29 is 13.5 Å². The van der Waals surface area contributed by atoms with Crippen LogP contribution >= 0.6 is 0 Å². The molecule has 0 bridgehead atoms. The van der Waals surface area contributed by atoms with Crippen LogP contribution < -0.4 is 0 Å². The molecule has 4 rings (SSSR count). The standard InChI is InChI=1S/C26H38F2O/c1-2-3-18-4-6-19(7-5-18)20-8-10-21(11-9-20)22-12-13-23-15-25(16-26(27)28)29-17-24(23)14-22/h12-14,18-21,25-26H,2-11,15-17H2,1H3. The minimum absolute atomic E-state index is 0.147. The zero-order valence-corrected chi connectivity index (χ0v) is 18.1. The van der Waals surface area contributed by atoms with Gasteiger partial charge >= 0.3 is 0 Å². The molecule has 3 aliphatic rings. The van der Waals surface area contributed by atoms with Gasteiger partial charge in [0.25, 0.3) is 0 Å². The lowest BCUT2D eigenvalue weighted by Gasteiger charge is -2.38. The smallest absolute Gasteiger partial charge is 0.241 e. The van der Waals surface area contributed by atoms with Crippen molar-refractivity contribution in [2.24, 2.45) is 17.8 Å². The van der Waals surface area contributed by atoms with E-state index < -0.39 is 6.43 Å². The van der Waals surface area contributed by atoms with Crippen molar-refractivity contribution in [2.45, 2.75) is 109 Å². The van der Waals surface area contributed by atoms with Crippen molar-refractivity contribution in [3.63, 3.8) is 0 Å². The Labute approximate surface area is 175 Å². The normalized spacial score (nSPS) is 32.9. The van der Waals surface area contributed by atoms with Crippen LogP contribution in [0.3, 0.4) is 0 Å². The van der Waals surface area contributed by atoms with Gasteiger partial charge in [0.15, 0.2) is 0 Å². The third kappa shape index (κ3) is 5.40. The van der Waals surface area contributed by atoms with Crippen LogP contribution in [0.4, 0.5) is 8.78 Å². The van der Waals surface area contributed by atoms with Crippen molar-refractivity contribution >= 4 is 0 Å². The second-order valence-electron chi connectivity index (χ2n) is 9.97. The largest absolute Gasteiger partial charge is 0.373 e. The van der Waals surface area contributed by atoms with Crippen molar-refractivity contribution in [1.29, 1.82) is 0 Å². The van der Waals surface area contributed by atoms with E-state index in [4.69, 9.17) is 4.74 Å². The molecule has 29 heavy (non-hydrogen) atoms. The highest BCUT2D eigenvalue weighted by molar-refractivity contribution is 5.35. The summed E-state index contributed by atoms with van der Waals surface area (Å²) in [4.78, 5) is 0. The zero-order valence-electron chi connectivity index (χ0n) is 18.1. The molecule has 0 N–H and O–H groups in total. The fraction of sp³-hybridized carbons (Fsp3) is 0.769. The van der Waals surface area contributed by atoms with E-state index in [-0.39, 0.29) is 12.5 Å². The molecule has 2 fully saturated rings. The first-order chi connectivity index (χ1) is 14.1. The van der Waals surface area contributed by atoms with Gasteiger partial charge in [0.05, 0.1) is 12.7 Å². The first-order valence-electron chi connectivity index (χ1n) is 12.1. The van der Waals surface area contributed by atoms with E-state index in [0.29, 0.717) is 18.9 Å². The van der Waals surface area contributed by atoms with E-state index in [1.165, 1.54) is 80.9 Å². The van der Waals surface area contributed by atoms with Gasteiger partial charge in [0.1, 0.15) is 0 Å². The van der Waals surface area contributed by atoms with Gasteiger partial charge in [-0.2, -0.15) is 0 Å². The summed E-state index contributed by atoms with van der Waals surface area (Å²) in [7, 11) is 0. The minimum Gasteiger partial charge on any atom is -0.373 e. The van der Waals surface area contributed by atoms with E-state index in [1.807, 2.05) is 0 Å². The van der Waals surface area contributed by atoms with E-state index in [9.17, 15) is 8.78 Å². The van der Waals surface area contributed by atoms with E-state index in [0.717, 1.165) is 17.8 Å². The van der Waals surface area contributed by atoms with Gasteiger partial charge in [-0.3, -0.25) is 0 Å². The molecule has 1 unspecified atom stereocenters. The molecule has 2 aliphatic carbocycles. The SMILES string of the molecule is CCCC1CCC(C2CCC(c3ccc4c(c3)COC(CC(F)F)C4)CC2)CC1. The summed E-state index contributed by atoms with van der Waals surface area (Å²) in [6.45, 7) is 2.82. The van der Waals surface area contributed by atoms with Gasteiger partial charge in [0, 0.05) is 6.42 Å². The molecule has 1 nitrogen and oxygen atoms in total. The van der Waals surface area contributed by atoms with Crippen LogP contribution in [0.5, 0.6) is 0 Å². The summed E-state index contributed by atoms with van der Waals surface area (Å²) >= 11 is 0. The van der Waals surface area contributed by atoms with Crippen LogP contribution in [-0.4, -0.2) is 12.5 Å². The van der Waals surface area contributed by atoms with Crippen LogP contribution in [0, 0.1) is 17.8 Å². The molecule has 0 spiro atoms. The summed E-state index contributed by atoms with van der Waals surface area (Å²) in [6.07, 6.45) is 11.9. The average Bonchev–Trinajstić information content (AvgIpc) is 2.74. The average molecular weight is 405 g/mol. The van der Waals surface area contributed by atoms with Gasteiger partial charge in [-0.1, -0.05) is 50.8 Å². The van der Waals surface area contributed by atoms with Crippen LogP contribution in [-0.2, 0) is 17.8 Å². The van der Waals surface area contributed by atoms with Crippen LogP contribution in [0.25, 0.3) is 0 Å². The number of fused-ring (bicyclic) bond motifs is 1. The maximum Gasteiger partial charge on any atom is 0.241 e. The lowest BCUT2D eigenvalue weighted by molar-refractivity contribution is -0.0139. The molecule has 0 radical (unpaired) electrons. The minimum atomic E-state index is -2.28. The van der Waals surface area contributed by atoms with Crippen LogP contribution in [0.2, 0.25) is 0 Å². The fourth-order valence-corrected chi connectivity index (χ4v) is 6.38. The van der Waals surface area contributed by atoms with Gasteiger partial charge in [-0.15, -0.1) is 0 Å². The van der Waals surface area contributed by atoms with Gasteiger partial charge < -0.3 is 4.74 Å². The number of hydrogen-bond acceptors (Lipinski definition) is 1. The molecule has 0 amide bonds. The second-order valence-corrected chi connectivity index (χ2v) is 9.97. The maximum atomic E-state index is 12.6. The zero-order chi connectivity index (χ0) is 20.2. The Balaban J connectivity index is 1.28. The summed E-state index contributed by atoms with van der Waals surface area (Å²) in [5.41, 5.74) is 3.89. The van der Waals surface area contributed by atoms with Crippen molar-refractivity contribution in [3.8, 4) is 0 Å². The molecule has 1 aromatic rings. The molecule has 0 saturated heterocycles. The molecule has 3 heteroatoms. The summed E-state index contributed by atoms with van der Waals surface area (Å²) in [5, 5.41) is 0. The highest BCUT2D eigenvalue weighted by Crippen LogP contribution is 2.44. The van der Waals surface area contributed by atoms with Gasteiger partial charge in [0.2, 0.25) is 6.43 Å². The topological polar surface area (TPSA) is 9.23 Å². The van der Waals surface area contributed by atoms with Crippen molar-refractivity contribution in [1.82, 2.24) is 0 Å². The summed E-state index contributed by atoms with van der Waals surface area (Å²) in [6, 6.07) is 6.77. The van der Waals surface area contributed by atoms with Crippen LogP contribution in [0.15, 0.2) is 18.2 Å². The molecule has 162 valence electrons. The Morgan fingerprint density at radius 1 is 0.931 bits per heavy atom. The highest BCUT2D eigenvalue weighted by atomic mass is 19.3. The Morgan fingerprint density at radius 3 is 2.28 bits per heavy atom. The fourth-order valence-electron chi connectivity index (χ4n) is 6.38. The molecular formula is C26H38F2O. The third-order valence-electron chi connectivity index (χ3n) is 8.09. The second kappa shape index (κ2) is 9.90. The molecule has 1 heterocycles. The summed E-state index contributed by atoms with van der Waals surface area (Å²) in [5.74, 6) is 3.61. The molecular weight excluding hydrogens is 366 g/mol. The van der Waals surface area contributed by atoms with Gasteiger partial charge in [-0.05, 0) is 85.3 Å². The third-order valence-corrected chi connectivity index (χ3v) is 8.09. The van der Waals surface area contributed by atoms with E-state index >= 15 is 0 Å². The predicted octanol–water partition coefficient (Wildman–Crippen LogP) is 7.66. The summed E-state index contributed by atoms with van der Waals surface area (Å²) < 4.78 is 31.0. The molecule has 1 aliphatic heterocycles. The molecule has 1 atom stereocenters. The number of hydrogen-bond donors (Lipinski definition) is 0. The Hall–Kier alpha value is -0.960. The first kappa shape index (κ1) is 21.3. The van der Waals surface area contributed by atoms with E-state index in [1.54, 1.807) is 0 Å². The predicted molar refractivity (Wildman–Crippen MR) is 114 cm³/mol. The lowest BCUT2D eigenvalue weighted by Crippen LogP contribution is -2.26. The maximum absolute atomic E-state index is 12.6. The molecule has 1 aromatic carbocycles. The Bertz CT molecular complexity index is 642. The monoisotopic (exact) mass is 404 g/mol. The number of alkyl halides is 2. The van der Waals surface area contributed by atoms with Crippen molar-refractivity contribution in [2.75, 3.05) is 0 Å².